The lowest BCUT2D eigenvalue weighted by Crippen LogP contribution is -2.32. The number of carbonyl (C=O) groups excluding carboxylic acids is 1. The molecule has 2 heterocycles. The first-order chi connectivity index (χ1) is 10.7. The molecule has 5 nitrogen and oxygen atoms in total. The molecule has 0 radical (unpaired) electrons. The Labute approximate surface area is 133 Å². The minimum absolute atomic E-state index is 0.0698. The molecule has 0 spiro atoms. The molecule has 0 aliphatic heterocycles. The van der Waals surface area contributed by atoms with Crippen molar-refractivity contribution in [3.63, 3.8) is 0 Å². The summed E-state index contributed by atoms with van der Waals surface area (Å²) in [6.07, 6.45) is -2.55. The van der Waals surface area contributed by atoms with Gasteiger partial charge in [0, 0.05) is 12.4 Å². The van der Waals surface area contributed by atoms with Crippen LogP contribution >= 0.6 is 11.6 Å². The van der Waals surface area contributed by atoms with Crippen molar-refractivity contribution in [2.45, 2.75) is 19.1 Å². The molecule has 23 heavy (non-hydrogen) atoms. The van der Waals surface area contributed by atoms with Gasteiger partial charge in [-0.2, -0.15) is 13.2 Å². The highest BCUT2D eigenvalue weighted by atomic mass is 35.5. The molecule has 1 amide bonds. The van der Waals surface area contributed by atoms with E-state index in [-0.39, 0.29) is 16.3 Å². The number of halogens is 4. The van der Waals surface area contributed by atoms with Crippen LogP contribution in [0, 0.1) is 0 Å². The van der Waals surface area contributed by atoms with Crippen LogP contribution in [0.25, 0.3) is 0 Å². The van der Waals surface area contributed by atoms with Crippen LogP contribution in [0.4, 0.5) is 13.2 Å². The summed E-state index contributed by atoms with van der Waals surface area (Å²) in [5.74, 6) is -0.683. The fourth-order valence-electron chi connectivity index (χ4n) is 1.87. The maximum Gasteiger partial charge on any atom is 0.417 e. The average molecular weight is 346 g/mol. The van der Waals surface area contributed by atoms with Gasteiger partial charge >= 0.3 is 6.18 Å². The zero-order valence-corrected chi connectivity index (χ0v) is 12.5. The second-order valence-electron chi connectivity index (χ2n) is 4.70. The maximum atomic E-state index is 12.6. The van der Waals surface area contributed by atoms with Crippen LogP contribution in [0.15, 0.2) is 35.4 Å². The molecule has 9 heteroatoms. The van der Waals surface area contributed by atoms with E-state index in [9.17, 15) is 22.8 Å². The SMILES string of the molecule is CC(NC(=O)c1ccc[nH]c1=O)c1ncc(C(F)(F)F)cc1Cl. The van der Waals surface area contributed by atoms with Crippen LogP contribution in [0.5, 0.6) is 0 Å². The van der Waals surface area contributed by atoms with E-state index in [1.807, 2.05) is 0 Å². The summed E-state index contributed by atoms with van der Waals surface area (Å²) in [5, 5.41) is 2.24. The number of aromatic amines is 1. The molecular weight excluding hydrogens is 335 g/mol. The zero-order valence-electron chi connectivity index (χ0n) is 11.7. The van der Waals surface area contributed by atoms with Crippen LogP contribution in [0.2, 0.25) is 5.02 Å². The van der Waals surface area contributed by atoms with E-state index in [4.69, 9.17) is 11.6 Å². The smallest absolute Gasteiger partial charge is 0.344 e. The second-order valence-corrected chi connectivity index (χ2v) is 5.10. The predicted octanol–water partition coefficient (Wildman–Crippen LogP) is 2.93. The molecule has 2 aromatic heterocycles. The van der Waals surface area contributed by atoms with Gasteiger partial charge in [-0.3, -0.25) is 14.6 Å². The quantitative estimate of drug-likeness (QED) is 0.898. The van der Waals surface area contributed by atoms with Crippen molar-refractivity contribution in [3.8, 4) is 0 Å². The van der Waals surface area contributed by atoms with Crippen molar-refractivity contribution in [1.29, 1.82) is 0 Å². The Kier molecular flexibility index (Phi) is 4.74. The molecule has 0 aliphatic carbocycles. The van der Waals surface area contributed by atoms with Crippen molar-refractivity contribution in [3.05, 3.63) is 62.8 Å². The van der Waals surface area contributed by atoms with E-state index in [0.717, 1.165) is 6.07 Å². The highest BCUT2D eigenvalue weighted by molar-refractivity contribution is 6.31. The number of hydrogen-bond donors (Lipinski definition) is 2. The number of hydrogen-bond acceptors (Lipinski definition) is 3. The Morgan fingerprint density at radius 3 is 2.70 bits per heavy atom. The fraction of sp³-hybridized carbons (Fsp3) is 0.214. The Morgan fingerprint density at radius 2 is 2.13 bits per heavy atom. The van der Waals surface area contributed by atoms with Gasteiger partial charge < -0.3 is 10.3 Å². The molecule has 0 saturated heterocycles. The third-order valence-corrected chi connectivity index (χ3v) is 3.32. The highest BCUT2D eigenvalue weighted by Crippen LogP contribution is 2.32. The van der Waals surface area contributed by atoms with E-state index in [1.54, 1.807) is 0 Å². The van der Waals surface area contributed by atoms with Gasteiger partial charge in [-0.05, 0) is 25.1 Å². The minimum Gasteiger partial charge on any atom is -0.344 e. The van der Waals surface area contributed by atoms with E-state index in [2.05, 4.69) is 15.3 Å². The van der Waals surface area contributed by atoms with Crippen molar-refractivity contribution in [2.24, 2.45) is 0 Å². The molecule has 2 aromatic rings. The van der Waals surface area contributed by atoms with Gasteiger partial charge in [-0.1, -0.05) is 11.6 Å². The number of aromatic nitrogens is 2. The molecule has 0 bridgehead atoms. The molecule has 1 unspecified atom stereocenters. The Morgan fingerprint density at radius 1 is 1.43 bits per heavy atom. The van der Waals surface area contributed by atoms with Gasteiger partial charge in [0.1, 0.15) is 5.56 Å². The van der Waals surface area contributed by atoms with Crippen LogP contribution < -0.4 is 10.9 Å². The molecule has 0 aliphatic rings. The molecule has 2 N–H and O–H groups in total. The van der Waals surface area contributed by atoms with Crippen LogP contribution in [0.1, 0.15) is 34.6 Å². The lowest BCUT2D eigenvalue weighted by molar-refractivity contribution is -0.137. The topological polar surface area (TPSA) is 74.8 Å². The van der Waals surface area contributed by atoms with E-state index >= 15 is 0 Å². The average Bonchev–Trinajstić information content (AvgIpc) is 2.46. The van der Waals surface area contributed by atoms with Gasteiger partial charge in [-0.25, -0.2) is 0 Å². The minimum atomic E-state index is -4.56. The fourth-order valence-corrected chi connectivity index (χ4v) is 2.20. The Balaban J connectivity index is 2.21. The number of alkyl halides is 3. The number of rotatable bonds is 3. The van der Waals surface area contributed by atoms with Crippen LogP contribution in [-0.2, 0) is 6.18 Å². The van der Waals surface area contributed by atoms with Crippen molar-refractivity contribution in [2.75, 3.05) is 0 Å². The summed E-state index contributed by atoms with van der Waals surface area (Å²) >= 11 is 5.81. The molecule has 0 aromatic carbocycles. The Bertz CT molecular complexity index is 789. The lowest BCUT2D eigenvalue weighted by Gasteiger charge is -2.16. The van der Waals surface area contributed by atoms with Crippen LogP contribution in [-0.4, -0.2) is 15.9 Å². The summed E-state index contributed by atoms with van der Waals surface area (Å²) in [6.45, 7) is 1.50. The number of carbonyl (C=O) groups is 1. The number of H-pyrrole nitrogens is 1. The third-order valence-electron chi connectivity index (χ3n) is 3.02. The summed E-state index contributed by atoms with van der Waals surface area (Å²) in [7, 11) is 0. The number of nitrogens with one attached hydrogen (secondary N) is 2. The summed E-state index contributed by atoms with van der Waals surface area (Å²) in [4.78, 5) is 29.5. The van der Waals surface area contributed by atoms with Gasteiger partial charge in [0.25, 0.3) is 11.5 Å². The first-order valence-corrected chi connectivity index (χ1v) is 6.79. The highest BCUT2D eigenvalue weighted by Gasteiger charge is 2.32. The van der Waals surface area contributed by atoms with E-state index < -0.39 is 29.2 Å². The van der Waals surface area contributed by atoms with Crippen molar-refractivity contribution < 1.29 is 18.0 Å². The summed E-state index contributed by atoms with van der Waals surface area (Å²) in [5.41, 5.74) is -1.62. The maximum absolute atomic E-state index is 12.6. The summed E-state index contributed by atoms with van der Waals surface area (Å²) in [6, 6.07) is 2.76. The number of pyridine rings is 2. The van der Waals surface area contributed by atoms with Crippen molar-refractivity contribution in [1.82, 2.24) is 15.3 Å². The standard InChI is InChI=1S/C14H11ClF3N3O2/c1-7(21-13(23)9-3-2-4-19-12(9)22)11-10(15)5-8(6-20-11)14(16,17)18/h2-7H,1H3,(H,19,22)(H,21,23). The monoisotopic (exact) mass is 345 g/mol. The first-order valence-electron chi connectivity index (χ1n) is 6.41. The molecule has 0 saturated carbocycles. The van der Waals surface area contributed by atoms with E-state index in [0.29, 0.717) is 6.20 Å². The summed E-state index contributed by atoms with van der Waals surface area (Å²) < 4.78 is 37.7. The second kappa shape index (κ2) is 6.41. The van der Waals surface area contributed by atoms with Gasteiger partial charge in [0.2, 0.25) is 0 Å². The third kappa shape index (κ3) is 3.89. The van der Waals surface area contributed by atoms with Crippen molar-refractivity contribution >= 4 is 17.5 Å². The molecule has 1 atom stereocenters. The first kappa shape index (κ1) is 17.0. The molecule has 2 rings (SSSR count). The normalized spacial score (nSPS) is 12.7. The van der Waals surface area contributed by atoms with Gasteiger partial charge in [0.05, 0.1) is 22.3 Å². The Hall–Kier alpha value is -2.35. The molecule has 0 fully saturated rings. The van der Waals surface area contributed by atoms with E-state index in [1.165, 1.54) is 25.3 Å². The number of nitrogens with zero attached hydrogens (tertiary/aromatic N) is 1. The molecular formula is C14H11ClF3N3O2. The van der Waals surface area contributed by atoms with Gasteiger partial charge in [-0.15, -0.1) is 0 Å². The molecule has 122 valence electrons. The predicted molar refractivity (Wildman–Crippen MR) is 77.2 cm³/mol. The van der Waals surface area contributed by atoms with Gasteiger partial charge in [0.15, 0.2) is 0 Å². The number of amides is 1. The lowest BCUT2D eigenvalue weighted by atomic mass is 10.1. The largest absolute Gasteiger partial charge is 0.417 e. The van der Waals surface area contributed by atoms with Crippen LogP contribution in [0.3, 0.4) is 0 Å². The zero-order chi connectivity index (χ0) is 17.2.